The molecule has 5 rings (SSSR count). The van der Waals surface area contributed by atoms with Crippen molar-refractivity contribution >= 4 is 22.6 Å². The van der Waals surface area contributed by atoms with Gasteiger partial charge in [-0.25, -0.2) is 9.07 Å². The molecule has 1 amide bonds. The molecule has 0 aliphatic carbocycles. The summed E-state index contributed by atoms with van der Waals surface area (Å²) in [5, 5.41) is 17.4. The zero-order chi connectivity index (χ0) is 20.8. The summed E-state index contributed by atoms with van der Waals surface area (Å²) in [7, 11) is 0. The number of aromatic amines is 1. The van der Waals surface area contributed by atoms with Crippen LogP contribution in [0.5, 0.6) is 17.2 Å². The molecular weight excluding hydrogens is 395 g/mol. The van der Waals surface area contributed by atoms with Crippen LogP contribution in [0, 0.1) is 5.82 Å². The number of carbonyl (C=O) groups excluding carboxylic acids is 1. The van der Waals surface area contributed by atoms with Crippen molar-refractivity contribution in [1.29, 1.82) is 0 Å². The lowest BCUT2D eigenvalue weighted by Gasteiger charge is -2.08. The number of rotatable bonds is 3. The molecule has 9 nitrogen and oxygen atoms in total. The van der Waals surface area contributed by atoms with Gasteiger partial charge in [0.2, 0.25) is 6.79 Å². The smallest absolute Gasteiger partial charge is 0.266 e. The maximum absolute atomic E-state index is 13.2. The van der Waals surface area contributed by atoms with E-state index in [9.17, 15) is 19.1 Å². The van der Waals surface area contributed by atoms with Crippen LogP contribution in [0.3, 0.4) is 0 Å². The van der Waals surface area contributed by atoms with Crippen molar-refractivity contribution in [2.24, 2.45) is 0 Å². The molecule has 0 radical (unpaired) electrons. The van der Waals surface area contributed by atoms with Gasteiger partial charge in [0.1, 0.15) is 22.8 Å². The van der Waals surface area contributed by atoms with Crippen molar-refractivity contribution in [2.75, 3.05) is 12.1 Å². The molecule has 2 aromatic carbocycles. The molecule has 3 N–H and O–H groups in total. The van der Waals surface area contributed by atoms with E-state index in [4.69, 9.17) is 9.47 Å². The fourth-order valence-electron chi connectivity index (χ4n) is 3.21. The summed E-state index contributed by atoms with van der Waals surface area (Å²) < 4.78 is 25.0. The molecule has 1 aliphatic heterocycles. The van der Waals surface area contributed by atoms with E-state index in [0.717, 1.165) is 0 Å². The number of nitrogens with zero attached hydrogens (tertiary/aromatic N) is 2. The Labute approximate surface area is 167 Å². The van der Waals surface area contributed by atoms with E-state index < -0.39 is 28.6 Å². The first-order chi connectivity index (χ1) is 14.5. The summed E-state index contributed by atoms with van der Waals surface area (Å²) in [4.78, 5) is 27.8. The molecule has 30 heavy (non-hydrogen) atoms. The molecule has 0 bridgehead atoms. The molecule has 0 unspecified atom stereocenters. The Morgan fingerprint density at radius 2 is 1.93 bits per heavy atom. The van der Waals surface area contributed by atoms with Crippen molar-refractivity contribution in [1.82, 2.24) is 14.8 Å². The van der Waals surface area contributed by atoms with Gasteiger partial charge < -0.3 is 24.9 Å². The molecule has 0 fully saturated rings. The van der Waals surface area contributed by atoms with Gasteiger partial charge in [-0.2, -0.15) is 5.10 Å². The second kappa shape index (κ2) is 6.62. The molecule has 10 heteroatoms. The third-order valence-electron chi connectivity index (χ3n) is 4.65. The SMILES string of the molecule is O=C(Nc1ccc2c(c1)OCO2)c1c(O)c2cnn(-c3ccc(F)cc3)c2[nH]c1=O. The standard InChI is InChI=1S/C20H13FN4O5/c21-10-1-4-12(5-2-10)25-18-13(8-22-25)17(26)16(20(28)24-18)19(27)23-11-3-6-14-15(7-11)30-9-29-14/h1-8H,9H2,(H,23,27)(H2,24,26,28). The van der Waals surface area contributed by atoms with E-state index in [-0.39, 0.29) is 17.8 Å². The van der Waals surface area contributed by atoms with Crippen LogP contribution in [0.15, 0.2) is 53.5 Å². The topological polar surface area (TPSA) is 118 Å². The number of amides is 1. The van der Waals surface area contributed by atoms with Gasteiger partial charge in [0.05, 0.1) is 17.3 Å². The van der Waals surface area contributed by atoms with Crippen LogP contribution in [0.2, 0.25) is 0 Å². The third-order valence-corrected chi connectivity index (χ3v) is 4.65. The zero-order valence-electron chi connectivity index (χ0n) is 15.2. The predicted octanol–water partition coefficient (Wildman–Crippen LogP) is 2.54. The van der Waals surface area contributed by atoms with E-state index in [1.54, 1.807) is 18.2 Å². The highest BCUT2D eigenvalue weighted by Gasteiger charge is 2.23. The second-order valence-corrected chi connectivity index (χ2v) is 6.49. The van der Waals surface area contributed by atoms with Gasteiger partial charge in [0.15, 0.2) is 11.5 Å². The number of benzene rings is 2. The number of carbonyl (C=O) groups is 1. The van der Waals surface area contributed by atoms with Crippen LogP contribution in [-0.2, 0) is 0 Å². The Morgan fingerprint density at radius 3 is 2.73 bits per heavy atom. The van der Waals surface area contributed by atoms with Gasteiger partial charge in [-0.05, 0) is 36.4 Å². The summed E-state index contributed by atoms with van der Waals surface area (Å²) in [6.07, 6.45) is 1.31. The summed E-state index contributed by atoms with van der Waals surface area (Å²) in [6, 6.07) is 10.2. The van der Waals surface area contributed by atoms with Gasteiger partial charge >= 0.3 is 0 Å². The Bertz CT molecular complexity index is 1360. The van der Waals surface area contributed by atoms with E-state index in [1.807, 2.05) is 0 Å². The van der Waals surface area contributed by atoms with Crippen molar-refractivity contribution in [3.63, 3.8) is 0 Å². The average Bonchev–Trinajstić information content (AvgIpc) is 3.35. The first-order valence-electron chi connectivity index (χ1n) is 8.81. The molecule has 0 spiro atoms. The number of pyridine rings is 1. The summed E-state index contributed by atoms with van der Waals surface area (Å²) in [5.41, 5.74) is -0.256. The van der Waals surface area contributed by atoms with Crippen molar-refractivity contribution in [2.45, 2.75) is 0 Å². The number of anilines is 1. The normalized spacial score (nSPS) is 12.3. The van der Waals surface area contributed by atoms with E-state index in [2.05, 4.69) is 15.4 Å². The van der Waals surface area contributed by atoms with Gasteiger partial charge in [-0.3, -0.25) is 9.59 Å². The molecule has 150 valence electrons. The third kappa shape index (κ3) is 2.82. The molecule has 3 heterocycles. The minimum absolute atomic E-state index is 0.0852. The summed E-state index contributed by atoms with van der Waals surface area (Å²) in [5.74, 6) is -0.733. The van der Waals surface area contributed by atoms with Crippen LogP contribution in [0.4, 0.5) is 10.1 Å². The highest BCUT2D eigenvalue weighted by molar-refractivity contribution is 6.08. The molecule has 0 saturated carbocycles. The lowest BCUT2D eigenvalue weighted by Crippen LogP contribution is -2.23. The summed E-state index contributed by atoms with van der Waals surface area (Å²) in [6.45, 7) is 0.0852. The maximum atomic E-state index is 13.2. The van der Waals surface area contributed by atoms with Gasteiger partial charge in [-0.1, -0.05) is 0 Å². The van der Waals surface area contributed by atoms with Gasteiger partial charge in [0.25, 0.3) is 11.5 Å². The van der Waals surface area contributed by atoms with Crippen molar-refractivity contribution in [3.05, 3.63) is 70.4 Å². The zero-order valence-corrected chi connectivity index (χ0v) is 15.2. The minimum atomic E-state index is -0.804. The second-order valence-electron chi connectivity index (χ2n) is 6.49. The number of fused-ring (bicyclic) bond motifs is 2. The molecule has 1 aliphatic rings. The quantitative estimate of drug-likeness (QED) is 0.479. The van der Waals surface area contributed by atoms with E-state index >= 15 is 0 Å². The van der Waals surface area contributed by atoms with E-state index in [1.165, 1.54) is 35.1 Å². The highest BCUT2D eigenvalue weighted by Crippen LogP contribution is 2.34. The fraction of sp³-hybridized carbons (Fsp3) is 0.0500. The lowest BCUT2D eigenvalue weighted by molar-refractivity contribution is 0.102. The number of halogens is 1. The van der Waals surface area contributed by atoms with Crippen LogP contribution >= 0.6 is 0 Å². The van der Waals surface area contributed by atoms with Crippen LogP contribution in [0.1, 0.15) is 10.4 Å². The fourth-order valence-corrected chi connectivity index (χ4v) is 3.21. The maximum Gasteiger partial charge on any atom is 0.266 e. The number of H-pyrrole nitrogens is 1. The minimum Gasteiger partial charge on any atom is -0.506 e. The first-order valence-corrected chi connectivity index (χ1v) is 8.81. The number of aromatic hydroxyl groups is 1. The Kier molecular flexibility index (Phi) is 3.91. The number of ether oxygens (including phenoxy) is 2. The van der Waals surface area contributed by atoms with Crippen molar-refractivity contribution in [3.8, 4) is 22.9 Å². The van der Waals surface area contributed by atoms with Crippen LogP contribution in [-0.4, -0.2) is 32.6 Å². The van der Waals surface area contributed by atoms with Gasteiger partial charge in [0, 0.05) is 11.8 Å². The Balaban J connectivity index is 1.53. The lowest BCUT2D eigenvalue weighted by atomic mass is 10.2. The largest absolute Gasteiger partial charge is 0.506 e. The first kappa shape index (κ1) is 17.7. The molecule has 0 atom stereocenters. The summed E-state index contributed by atoms with van der Waals surface area (Å²) >= 11 is 0. The van der Waals surface area contributed by atoms with Crippen LogP contribution in [0.25, 0.3) is 16.7 Å². The molecule has 2 aromatic heterocycles. The highest BCUT2D eigenvalue weighted by atomic mass is 19.1. The van der Waals surface area contributed by atoms with Gasteiger partial charge in [-0.15, -0.1) is 0 Å². The Hall–Kier alpha value is -4.34. The van der Waals surface area contributed by atoms with Crippen LogP contribution < -0.4 is 20.3 Å². The number of hydrogen-bond acceptors (Lipinski definition) is 6. The molecule has 4 aromatic rings. The monoisotopic (exact) mass is 408 g/mol. The number of aromatic nitrogens is 3. The molecule has 0 saturated heterocycles. The molecular formula is C20H13FN4O5. The average molecular weight is 408 g/mol. The predicted molar refractivity (Wildman–Crippen MR) is 104 cm³/mol. The van der Waals surface area contributed by atoms with Crippen molar-refractivity contribution < 1.29 is 23.8 Å². The Morgan fingerprint density at radius 1 is 1.17 bits per heavy atom. The number of nitrogens with one attached hydrogen (secondary N) is 2. The van der Waals surface area contributed by atoms with E-state index in [0.29, 0.717) is 22.9 Å². The number of hydrogen-bond donors (Lipinski definition) is 3.